The van der Waals surface area contributed by atoms with Gasteiger partial charge in [-0.2, -0.15) is 10.5 Å². The lowest BCUT2D eigenvalue weighted by atomic mass is 9.80. The van der Waals surface area contributed by atoms with Gasteiger partial charge < -0.3 is 9.84 Å². The van der Waals surface area contributed by atoms with Crippen molar-refractivity contribution in [3.8, 4) is 23.4 Å². The van der Waals surface area contributed by atoms with E-state index in [1.165, 1.54) is 0 Å². The molecular weight excluding hydrogens is 380 g/mol. The predicted octanol–water partition coefficient (Wildman–Crippen LogP) is 4.69. The lowest BCUT2D eigenvalue weighted by Crippen LogP contribution is -2.23. The quantitative estimate of drug-likeness (QED) is 0.797. The maximum Gasteiger partial charge on any atom is 0.138 e. The van der Waals surface area contributed by atoms with Crippen LogP contribution >= 0.6 is 15.9 Å². The summed E-state index contributed by atoms with van der Waals surface area (Å²) in [7, 11) is 0. The Labute approximate surface area is 154 Å². The molecule has 5 nitrogen and oxygen atoms in total. The highest BCUT2D eigenvalue weighted by atomic mass is 79.9. The Hall–Kier alpha value is -2.83. The second-order valence-corrected chi connectivity index (χ2v) is 6.78. The van der Waals surface area contributed by atoms with Crippen molar-refractivity contribution in [3.05, 3.63) is 62.6 Å². The highest BCUT2D eigenvalue weighted by molar-refractivity contribution is 9.10. The molecule has 0 saturated heterocycles. The molecular formula is C19H15BrN4O. The maximum atomic E-state index is 9.68. The molecule has 0 atom stereocenters. The van der Waals surface area contributed by atoms with Crippen molar-refractivity contribution < 1.29 is 4.52 Å². The molecule has 0 unspecified atom stereocenters. The minimum atomic E-state index is -0.485. The Morgan fingerprint density at radius 3 is 2.12 bits per heavy atom. The van der Waals surface area contributed by atoms with Gasteiger partial charge >= 0.3 is 0 Å². The summed E-state index contributed by atoms with van der Waals surface area (Å²) in [5, 5.41) is 26.7. The molecule has 2 aromatic rings. The van der Waals surface area contributed by atoms with Crippen LogP contribution in [0, 0.1) is 29.6 Å². The van der Waals surface area contributed by atoms with Crippen LogP contribution in [-0.2, 0) is 0 Å². The van der Waals surface area contributed by atoms with E-state index in [-0.39, 0.29) is 0 Å². The van der Waals surface area contributed by atoms with E-state index in [0.717, 1.165) is 27.0 Å². The fourth-order valence-electron chi connectivity index (χ4n) is 3.11. The zero-order chi connectivity index (χ0) is 18.1. The number of halogens is 1. The monoisotopic (exact) mass is 394 g/mol. The molecule has 0 radical (unpaired) electrons. The molecule has 25 heavy (non-hydrogen) atoms. The zero-order valence-corrected chi connectivity index (χ0v) is 15.6. The Balaban J connectivity index is 2.26. The van der Waals surface area contributed by atoms with Gasteiger partial charge in [-0.1, -0.05) is 33.2 Å². The average molecular weight is 395 g/mol. The van der Waals surface area contributed by atoms with Gasteiger partial charge in [-0.05, 0) is 32.9 Å². The van der Waals surface area contributed by atoms with Crippen molar-refractivity contribution in [2.24, 2.45) is 0 Å². The fraction of sp³-hybridized carbons (Fsp3) is 0.211. The van der Waals surface area contributed by atoms with Gasteiger partial charge in [0.1, 0.15) is 11.5 Å². The van der Waals surface area contributed by atoms with Crippen LogP contribution in [0.3, 0.4) is 0 Å². The van der Waals surface area contributed by atoms with Crippen molar-refractivity contribution in [2.75, 3.05) is 0 Å². The molecule has 1 aromatic carbocycles. The number of aryl methyl sites for hydroxylation is 1. The zero-order valence-electron chi connectivity index (χ0n) is 14.0. The van der Waals surface area contributed by atoms with Crippen LogP contribution in [-0.4, -0.2) is 5.16 Å². The third kappa shape index (κ3) is 2.86. The van der Waals surface area contributed by atoms with Crippen LogP contribution in [0.25, 0.3) is 11.3 Å². The Morgan fingerprint density at radius 2 is 1.60 bits per heavy atom. The smallest absolute Gasteiger partial charge is 0.138 e. The summed E-state index contributed by atoms with van der Waals surface area (Å²) in [5.41, 5.74) is 4.78. The van der Waals surface area contributed by atoms with Gasteiger partial charge in [-0.3, -0.25) is 0 Å². The predicted molar refractivity (Wildman–Crippen MR) is 96.9 cm³/mol. The van der Waals surface area contributed by atoms with E-state index in [2.05, 4.69) is 38.5 Å². The molecule has 0 spiro atoms. The first-order chi connectivity index (χ1) is 12.0. The summed E-state index contributed by atoms with van der Waals surface area (Å²) in [4.78, 5) is 0. The van der Waals surface area contributed by atoms with E-state index < -0.39 is 5.92 Å². The molecule has 3 rings (SSSR count). The molecule has 1 N–H and O–H groups in total. The van der Waals surface area contributed by atoms with Crippen molar-refractivity contribution in [1.29, 1.82) is 10.5 Å². The third-order valence-corrected chi connectivity index (χ3v) is 4.84. The summed E-state index contributed by atoms with van der Waals surface area (Å²) >= 11 is 3.42. The molecule has 0 bridgehead atoms. The minimum absolute atomic E-state index is 0.485. The number of allylic oxidation sites excluding steroid dienone is 4. The minimum Gasteiger partial charge on any atom is -0.361 e. The van der Waals surface area contributed by atoms with Gasteiger partial charge in [0, 0.05) is 27.0 Å². The molecule has 0 aliphatic carbocycles. The summed E-state index contributed by atoms with van der Waals surface area (Å²) in [6.45, 7) is 5.48. The van der Waals surface area contributed by atoms with Gasteiger partial charge in [-0.25, -0.2) is 0 Å². The summed E-state index contributed by atoms with van der Waals surface area (Å²) in [6.07, 6.45) is 0. The highest BCUT2D eigenvalue weighted by Crippen LogP contribution is 2.42. The number of dihydropyridines is 1. The molecule has 1 aliphatic rings. The normalized spacial score (nSPS) is 15.0. The summed E-state index contributed by atoms with van der Waals surface area (Å²) in [6, 6.07) is 12.2. The topological polar surface area (TPSA) is 85.6 Å². The molecule has 0 amide bonds. The molecule has 124 valence electrons. The van der Waals surface area contributed by atoms with Crippen molar-refractivity contribution in [2.45, 2.75) is 26.7 Å². The Kier molecular flexibility index (Phi) is 4.48. The van der Waals surface area contributed by atoms with E-state index >= 15 is 0 Å². The lowest BCUT2D eigenvalue weighted by Gasteiger charge is -2.26. The largest absolute Gasteiger partial charge is 0.361 e. The van der Waals surface area contributed by atoms with Crippen molar-refractivity contribution in [3.63, 3.8) is 0 Å². The number of hydrogen-bond acceptors (Lipinski definition) is 5. The molecule has 2 heterocycles. The van der Waals surface area contributed by atoms with Crippen LogP contribution in [0.1, 0.15) is 31.1 Å². The van der Waals surface area contributed by atoms with E-state index in [9.17, 15) is 10.5 Å². The first-order valence-electron chi connectivity index (χ1n) is 7.68. The SMILES string of the molecule is CC1=C(C#N)C(c2c(-c3ccc(Br)cc3)noc2C)C(C#N)=C(C)N1. The summed E-state index contributed by atoms with van der Waals surface area (Å²) < 4.78 is 6.40. The van der Waals surface area contributed by atoms with Crippen molar-refractivity contribution >= 4 is 15.9 Å². The number of rotatable bonds is 2. The van der Waals surface area contributed by atoms with Gasteiger partial charge in [0.25, 0.3) is 0 Å². The molecule has 0 saturated carbocycles. The fourth-order valence-corrected chi connectivity index (χ4v) is 3.38. The Morgan fingerprint density at radius 1 is 1.04 bits per heavy atom. The van der Waals surface area contributed by atoms with E-state index in [1.807, 2.05) is 38.1 Å². The first-order valence-corrected chi connectivity index (χ1v) is 8.48. The number of aromatic nitrogens is 1. The van der Waals surface area contributed by atoms with Gasteiger partial charge in [-0.15, -0.1) is 0 Å². The van der Waals surface area contributed by atoms with E-state index in [1.54, 1.807) is 6.92 Å². The molecule has 1 aromatic heterocycles. The number of nitriles is 2. The van der Waals surface area contributed by atoms with Crippen LogP contribution in [0.4, 0.5) is 0 Å². The summed E-state index contributed by atoms with van der Waals surface area (Å²) in [5.74, 6) is 0.118. The molecule has 1 aliphatic heterocycles. The standard InChI is InChI=1S/C19H15BrN4O/c1-10-15(8-21)18(16(9-22)11(2)23-10)17-12(3)25-24-19(17)13-4-6-14(20)7-5-13/h4-7,18,23H,1-3H3. The van der Waals surface area contributed by atoms with Crippen LogP contribution in [0.5, 0.6) is 0 Å². The van der Waals surface area contributed by atoms with E-state index in [0.29, 0.717) is 22.6 Å². The van der Waals surface area contributed by atoms with Gasteiger partial charge in [0.2, 0.25) is 0 Å². The number of nitrogens with zero attached hydrogens (tertiary/aromatic N) is 3. The molecule has 6 heteroatoms. The first kappa shape index (κ1) is 17.0. The van der Waals surface area contributed by atoms with Crippen LogP contribution in [0.2, 0.25) is 0 Å². The van der Waals surface area contributed by atoms with E-state index in [4.69, 9.17) is 4.52 Å². The van der Waals surface area contributed by atoms with Gasteiger partial charge in [0.05, 0.1) is 29.2 Å². The average Bonchev–Trinajstić information content (AvgIpc) is 2.96. The number of nitrogens with one attached hydrogen (secondary N) is 1. The number of hydrogen-bond donors (Lipinski definition) is 1. The van der Waals surface area contributed by atoms with Gasteiger partial charge in [0.15, 0.2) is 0 Å². The second kappa shape index (κ2) is 6.58. The lowest BCUT2D eigenvalue weighted by molar-refractivity contribution is 0.398. The Bertz CT molecular complexity index is 948. The highest BCUT2D eigenvalue weighted by Gasteiger charge is 2.34. The maximum absolute atomic E-state index is 9.68. The second-order valence-electron chi connectivity index (χ2n) is 5.87. The number of benzene rings is 1. The third-order valence-electron chi connectivity index (χ3n) is 4.32. The van der Waals surface area contributed by atoms with Crippen LogP contribution < -0.4 is 5.32 Å². The van der Waals surface area contributed by atoms with Crippen molar-refractivity contribution in [1.82, 2.24) is 10.5 Å². The van der Waals surface area contributed by atoms with Crippen LogP contribution in [0.15, 0.2) is 55.8 Å². The molecule has 0 fully saturated rings.